The Hall–Kier alpha value is -2.42. The van der Waals surface area contributed by atoms with Crippen LogP contribution in [0.15, 0.2) is 59.5 Å². The lowest BCUT2D eigenvalue weighted by Gasteiger charge is -2.24. The van der Waals surface area contributed by atoms with Gasteiger partial charge in [0.05, 0.1) is 17.0 Å². The predicted molar refractivity (Wildman–Crippen MR) is 116 cm³/mol. The zero-order valence-electron chi connectivity index (χ0n) is 16.1. The summed E-state index contributed by atoms with van der Waals surface area (Å²) in [7, 11) is 1.89. The van der Waals surface area contributed by atoms with Crippen molar-refractivity contribution in [1.82, 2.24) is 30.4 Å². The Kier molecular flexibility index (Phi) is 7.24. The number of halogens is 1. The summed E-state index contributed by atoms with van der Waals surface area (Å²) < 4.78 is 1.73. The van der Waals surface area contributed by atoms with Crippen molar-refractivity contribution in [2.24, 2.45) is 0 Å². The van der Waals surface area contributed by atoms with Crippen LogP contribution in [0.4, 0.5) is 0 Å². The summed E-state index contributed by atoms with van der Waals surface area (Å²) in [6.07, 6.45) is 0.989. The van der Waals surface area contributed by atoms with E-state index in [9.17, 15) is 4.79 Å². The quantitative estimate of drug-likeness (QED) is 0.606. The molecule has 9 heteroatoms. The fraction of sp³-hybridized carbons (Fsp3) is 0.300. The summed E-state index contributed by atoms with van der Waals surface area (Å²) in [5.74, 6) is 1.37. The highest BCUT2D eigenvalue weighted by atomic mass is 35.5. The second-order valence-corrected chi connectivity index (χ2v) is 7.71. The normalized spacial score (nSPS) is 15.7. The average molecular weight is 431 g/mol. The van der Waals surface area contributed by atoms with Crippen molar-refractivity contribution in [3.05, 3.63) is 66.0 Å². The summed E-state index contributed by atoms with van der Waals surface area (Å²) in [5.41, 5.74) is 1.64. The fourth-order valence-electron chi connectivity index (χ4n) is 3.30. The lowest BCUT2D eigenvalue weighted by molar-refractivity contribution is 0.0740. The number of tetrazole rings is 1. The molecule has 152 valence electrons. The highest BCUT2D eigenvalue weighted by Crippen LogP contribution is 2.27. The van der Waals surface area contributed by atoms with Crippen LogP contribution >= 0.6 is 24.2 Å². The maximum Gasteiger partial charge on any atom is 0.255 e. The second kappa shape index (κ2) is 9.87. The van der Waals surface area contributed by atoms with E-state index in [1.807, 2.05) is 66.5 Å². The van der Waals surface area contributed by atoms with Crippen molar-refractivity contribution in [3.63, 3.8) is 0 Å². The molecule has 29 heavy (non-hydrogen) atoms. The predicted octanol–water partition coefficient (Wildman–Crippen LogP) is 2.81. The molecule has 1 atom stereocenters. The topological polar surface area (TPSA) is 75.9 Å². The van der Waals surface area contributed by atoms with Gasteiger partial charge in [0.1, 0.15) is 0 Å². The molecule has 7 nitrogen and oxygen atoms in total. The van der Waals surface area contributed by atoms with Crippen LogP contribution in [0.3, 0.4) is 0 Å². The Bertz CT molecular complexity index is 945. The van der Waals surface area contributed by atoms with Crippen molar-refractivity contribution in [2.45, 2.75) is 23.1 Å². The SMILES string of the molecule is CN(C(=O)c1ccccc1SCc1nnnn1-c1ccccc1)C1CCNC1.Cl. The number of hydrogen-bond donors (Lipinski definition) is 1. The molecule has 1 saturated heterocycles. The molecule has 3 aromatic rings. The molecule has 4 rings (SSSR count). The van der Waals surface area contributed by atoms with E-state index in [1.165, 1.54) is 0 Å². The third-order valence-electron chi connectivity index (χ3n) is 4.91. The summed E-state index contributed by atoms with van der Waals surface area (Å²) in [6, 6.07) is 17.8. The van der Waals surface area contributed by atoms with Crippen molar-refractivity contribution >= 4 is 30.1 Å². The first-order valence-electron chi connectivity index (χ1n) is 9.26. The van der Waals surface area contributed by atoms with Gasteiger partial charge in [-0.05, 0) is 47.7 Å². The van der Waals surface area contributed by atoms with Crippen molar-refractivity contribution in [3.8, 4) is 5.69 Å². The number of para-hydroxylation sites is 1. The number of rotatable bonds is 6. The molecule has 1 N–H and O–H groups in total. The maximum atomic E-state index is 13.0. The smallest absolute Gasteiger partial charge is 0.255 e. The lowest BCUT2D eigenvalue weighted by Crippen LogP contribution is -2.38. The largest absolute Gasteiger partial charge is 0.337 e. The second-order valence-electron chi connectivity index (χ2n) is 6.69. The first-order chi connectivity index (χ1) is 13.7. The summed E-state index contributed by atoms with van der Waals surface area (Å²) >= 11 is 1.58. The highest BCUT2D eigenvalue weighted by Gasteiger charge is 2.25. The standard InChI is InChI=1S/C20H22N6OS.ClH/c1-25(16-11-12-21-13-16)20(27)17-9-5-6-10-18(17)28-14-19-22-23-24-26(19)15-7-3-2-4-8-15;/h2-10,16,21H,11-14H2,1H3;1H. The van der Waals surface area contributed by atoms with E-state index < -0.39 is 0 Å². The number of amides is 1. The maximum absolute atomic E-state index is 13.0. The molecule has 0 saturated carbocycles. The molecule has 0 bridgehead atoms. The number of nitrogens with one attached hydrogen (secondary N) is 1. The van der Waals surface area contributed by atoms with Gasteiger partial charge in [-0.1, -0.05) is 30.3 Å². The Morgan fingerprint density at radius 2 is 1.97 bits per heavy atom. The zero-order chi connectivity index (χ0) is 19.3. The van der Waals surface area contributed by atoms with Gasteiger partial charge in [0.2, 0.25) is 0 Å². The van der Waals surface area contributed by atoms with E-state index in [0.717, 1.165) is 41.5 Å². The third-order valence-corrected chi connectivity index (χ3v) is 5.98. The number of hydrogen-bond acceptors (Lipinski definition) is 6. The van der Waals surface area contributed by atoms with Gasteiger partial charge < -0.3 is 10.2 Å². The van der Waals surface area contributed by atoms with Gasteiger partial charge in [0.25, 0.3) is 5.91 Å². The fourth-order valence-corrected chi connectivity index (χ4v) is 4.25. The Labute approximate surface area is 180 Å². The van der Waals surface area contributed by atoms with Gasteiger partial charge in [-0.25, -0.2) is 0 Å². The Morgan fingerprint density at radius 1 is 1.21 bits per heavy atom. The molecule has 1 amide bonds. The van der Waals surface area contributed by atoms with Crippen LogP contribution in [0.25, 0.3) is 5.69 Å². The van der Waals surface area contributed by atoms with Crippen LogP contribution in [0, 0.1) is 0 Å². The molecule has 1 aliphatic rings. The minimum Gasteiger partial charge on any atom is -0.337 e. The molecular formula is C20H23ClN6OS. The van der Waals surface area contributed by atoms with E-state index in [1.54, 1.807) is 16.4 Å². The summed E-state index contributed by atoms with van der Waals surface area (Å²) in [6.45, 7) is 1.81. The van der Waals surface area contributed by atoms with Gasteiger partial charge in [0, 0.05) is 24.5 Å². The van der Waals surface area contributed by atoms with E-state index in [4.69, 9.17) is 0 Å². The van der Waals surface area contributed by atoms with Crippen molar-refractivity contribution in [1.29, 1.82) is 0 Å². The molecule has 1 unspecified atom stereocenters. The van der Waals surface area contributed by atoms with Crippen LogP contribution in [0.2, 0.25) is 0 Å². The minimum atomic E-state index is 0. The Morgan fingerprint density at radius 3 is 2.72 bits per heavy atom. The summed E-state index contributed by atoms with van der Waals surface area (Å²) in [5, 5.41) is 15.4. The number of likely N-dealkylation sites (N-methyl/N-ethyl adjacent to an activating group) is 1. The number of carbonyl (C=O) groups is 1. The van der Waals surface area contributed by atoms with Crippen LogP contribution in [0.5, 0.6) is 0 Å². The van der Waals surface area contributed by atoms with Crippen molar-refractivity contribution < 1.29 is 4.79 Å². The first-order valence-corrected chi connectivity index (χ1v) is 10.2. The lowest BCUT2D eigenvalue weighted by atomic mass is 10.1. The molecule has 0 radical (unpaired) electrons. The number of benzene rings is 2. The van der Waals surface area contributed by atoms with Gasteiger partial charge in [-0.3, -0.25) is 4.79 Å². The molecule has 1 fully saturated rings. The Balaban J connectivity index is 0.00000240. The number of carbonyl (C=O) groups excluding carboxylic acids is 1. The van der Waals surface area contributed by atoms with Crippen LogP contribution < -0.4 is 5.32 Å². The molecule has 0 aliphatic carbocycles. The molecule has 0 spiro atoms. The average Bonchev–Trinajstić information content (AvgIpc) is 3.44. The molecule has 2 aromatic carbocycles. The summed E-state index contributed by atoms with van der Waals surface area (Å²) in [4.78, 5) is 15.8. The zero-order valence-corrected chi connectivity index (χ0v) is 17.7. The monoisotopic (exact) mass is 430 g/mol. The number of aromatic nitrogens is 4. The van der Waals surface area contributed by atoms with Gasteiger partial charge in [0.15, 0.2) is 5.82 Å². The molecule has 1 aromatic heterocycles. The van der Waals surface area contributed by atoms with Crippen molar-refractivity contribution in [2.75, 3.05) is 20.1 Å². The van der Waals surface area contributed by atoms with E-state index >= 15 is 0 Å². The first kappa shape index (κ1) is 21.3. The number of nitrogens with zero attached hydrogens (tertiary/aromatic N) is 5. The number of thioether (sulfide) groups is 1. The molecule has 1 aliphatic heterocycles. The van der Waals surface area contributed by atoms with Crippen LogP contribution in [-0.2, 0) is 5.75 Å². The molecule has 2 heterocycles. The third kappa shape index (κ3) is 4.77. The van der Waals surface area contributed by atoms with Crippen LogP contribution in [0.1, 0.15) is 22.6 Å². The van der Waals surface area contributed by atoms with E-state index in [0.29, 0.717) is 5.75 Å². The highest BCUT2D eigenvalue weighted by molar-refractivity contribution is 7.98. The molecular weight excluding hydrogens is 408 g/mol. The van der Waals surface area contributed by atoms with Gasteiger partial charge in [-0.2, -0.15) is 4.68 Å². The minimum absolute atomic E-state index is 0. The van der Waals surface area contributed by atoms with Crippen LogP contribution in [-0.4, -0.2) is 57.2 Å². The van der Waals surface area contributed by atoms with Gasteiger partial charge >= 0.3 is 0 Å². The van der Waals surface area contributed by atoms with E-state index in [2.05, 4.69) is 20.8 Å². The van der Waals surface area contributed by atoms with Gasteiger partial charge in [-0.15, -0.1) is 29.3 Å². The van der Waals surface area contributed by atoms with E-state index in [-0.39, 0.29) is 24.4 Å².